The van der Waals surface area contributed by atoms with E-state index in [1.807, 2.05) is 0 Å². The van der Waals surface area contributed by atoms with Crippen molar-refractivity contribution >= 4 is 6.29 Å². The van der Waals surface area contributed by atoms with Gasteiger partial charge in [0.15, 0.2) is 0 Å². The molecule has 0 unspecified atom stereocenters. The summed E-state index contributed by atoms with van der Waals surface area (Å²) >= 11 is 0. The second-order valence-corrected chi connectivity index (χ2v) is 5.97. The molecule has 0 radical (unpaired) electrons. The Kier molecular flexibility index (Phi) is 3.09. The van der Waals surface area contributed by atoms with Crippen LogP contribution < -0.4 is 0 Å². The highest BCUT2D eigenvalue weighted by atomic mass is 16.5. The van der Waals surface area contributed by atoms with Gasteiger partial charge in [0.05, 0.1) is 13.2 Å². The minimum atomic E-state index is -0.0574. The highest BCUT2D eigenvalue weighted by molar-refractivity contribution is 5.54. The fraction of sp³-hybridized carbons (Fsp3) is 0.533. The number of hydrogen-bond donors (Lipinski definition) is 0. The summed E-state index contributed by atoms with van der Waals surface area (Å²) in [5.41, 5.74) is 2.66. The number of rotatable bonds is 3. The average Bonchev–Trinajstić information content (AvgIpc) is 2.22. The lowest BCUT2D eigenvalue weighted by atomic mass is 9.75. The second-order valence-electron chi connectivity index (χ2n) is 5.97. The lowest BCUT2D eigenvalue weighted by Gasteiger charge is -2.41. The van der Waals surface area contributed by atoms with Gasteiger partial charge in [0.2, 0.25) is 0 Å². The van der Waals surface area contributed by atoms with Crippen LogP contribution in [0.15, 0.2) is 24.3 Å². The Morgan fingerprint density at radius 3 is 2.18 bits per heavy atom. The smallest absolute Gasteiger partial charge is 0.121 e. The van der Waals surface area contributed by atoms with E-state index in [-0.39, 0.29) is 10.8 Å². The van der Waals surface area contributed by atoms with E-state index in [2.05, 4.69) is 45.0 Å². The summed E-state index contributed by atoms with van der Waals surface area (Å²) in [5.74, 6) is 0. The average molecular weight is 232 g/mol. The molecule has 0 spiro atoms. The third-order valence-corrected chi connectivity index (χ3v) is 3.59. The van der Waals surface area contributed by atoms with Gasteiger partial charge in [-0.05, 0) is 16.5 Å². The van der Waals surface area contributed by atoms with Crippen molar-refractivity contribution in [2.75, 3.05) is 13.2 Å². The van der Waals surface area contributed by atoms with Gasteiger partial charge in [0, 0.05) is 11.8 Å². The largest absolute Gasteiger partial charge is 0.379 e. The number of benzene rings is 1. The van der Waals surface area contributed by atoms with Crippen LogP contribution in [0.5, 0.6) is 0 Å². The van der Waals surface area contributed by atoms with E-state index >= 15 is 0 Å². The molecule has 1 saturated heterocycles. The first kappa shape index (κ1) is 12.3. The van der Waals surface area contributed by atoms with Crippen molar-refractivity contribution in [3.63, 3.8) is 0 Å². The minimum absolute atomic E-state index is 0.0574. The standard InChI is InChI=1S/C15H20O2/c1-14(2,3)12-4-6-13(7-5-12)15(8-9-16)10-17-11-15/h4-7,9H,8,10-11H2,1-3H3. The van der Waals surface area contributed by atoms with Crippen molar-refractivity contribution in [2.45, 2.75) is 38.0 Å². The molecule has 1 aromatic rings. The second kappa shape index (κ2) is 4.26. The van der Waals surface area contributed by atoms with Crippen LogP contribution in [-0.2, 0) is 20.4 Å². The number of carbonyl (C=O) groups excluding carboxylic acids is 1. The van der Waals surface area contributed by atoms with Gasteiger partial charge in [-0.2, -0.15) is 0 Å². The van der Waals surface area contributed by atoms with Gasteiger partial charge in [-0.25, -0.2) is 0 Å². The molecule has 1 aliphatic rings. The van der Waals surface area contributed by atoms with Crippen LogP contribution in [0.2, 0.25) is 0 Å². The summed E-state index contributed by atoms with van der Waals surface area (Å²) in [6.07, 6.45) is 1.56. The van der Waals surface area contributed by atoms with Crippen molar-refractivity contribution in [1.29, 1.82) is 0 Å². The van der Waals surface area contributed by atoms with Crippen molar-refractivity contribution in [1.82, 2.24) is 0 Å². The highest BCUT2D eigenvalue weighted by Gasteiger charge is 2.39. The summed E-state index contributed by atoms with van der Waals surface area (Å²) in [4.78, 5) is 10.8. The van der Waals surface area contributed by atoms with Crippen LogP contribution in [-0.4, -0.2) is 19.5 Å². The fourth-order valence-electron chi connectivity index (χ4n) is 2.23. The number of hydrogen-bond acceptors (Lipinski definition) is 2. The van der Waals surface area contributed by atoms with Crippen LogP contribution in [0.25, 0.3) is 0 Å². The lowest BCUT2D eigenvalue weighted by Crippen LogP contribution is -2.47. The third-order valence-electron chi connectivity index (χ3n) is 3.59. The molecule has 1 fully saturated rings. The molecule has 17 heavy (non-hydrogen) atoms. The van der Waals surface area contributed by atoms with Crippen molar-refractivity contribution in [3.05, 3.63) is 35.4 Å². The van der Waals surface area contributed by atoms with Gasteiger partial charge in [-0.3, -0.25) is 0 Å². The van der Waals surface area contributed by atoms with Crippen LogP contribution in [0, 0.1) is 0 Å². The zero-order valence-corrected chi connectivity index (χ0v) is 10.8. The molecule has 0 N–H and O–H groups in total. The monoisotopic (exact) mass is 232 g/mol. The summed E-state index contributed by atoms with van der Waals surface area (Å²) in [6, 6.07) is 8.62. The van der Waals surface area contributed by atoms with Crippen LogP contribution in [0.1, 0.15) is 38.3 Å². The van der Waals surface area contributed by atoms with Crippen LogP contribution in [0.3, 0.4) is 0 Å². The molecule has 0 amide bonds. The van der Waals surface area contributed by atoms with E-state index < -0.39 is 0 Å². The predicted octanol–water partition coefficient (Wildman–Crippen LogP) is 2.84. The number of carbonyl (C=O) groups is 1. The van der Waals surface area contributed by atoms with Gasteiger partial charge in [0.25, 0.3) is 0 Å². The first-order valence-electron chi connectivity index (χ1n) is 6.10. The zero-order valence-electron chi connectivity index (χ0n) is 10.8. The number of ether oxygens (including phenoxy) is 1. The molecule has 1 aliphatic heterocycles. The molecule has 0 bridgehead atoms. The topological polar surface area (TPSA) is 26.3 Å². The Hall–Kier alpha value is -1.15. The number of aldehydes is 1. The van der Waals surface area contributed by atoms with Gasteiger partial charge < -0.3 is 9.53 Å². The maximum Gasteiger partial charge on any atom is 0.121 e. The maximum absolute atomic E-state index is 10.8. The summed E-state index contributed by atoms with van der Waals surface area (Å²) in [6.45, 7) is 7.95. The first-order valence-corrected chi connectivity index (χ1v) is 6.10. The Labute approximate surface area is 103 Å². The Bertz CT molecular complexity index is 394. The molecule has 0 aromatic heterocycles. The van der Waals surface area contributed by atoms with Crippen LogP contribution >= 0.6 is 0 Å². The quantitative estimate of drug-likeness (QED) is 0.749. The van der Waals surface area contributed by atoms with Crippen molar-refractivity contribution in [2.24, 2.45) is 0 Å². The Morgan fingerprint density at radius 2 is 1.82 bits per heavy atom. The lowest BCUT2D eigenvalue weighted by molar-refractivity contribution is -0.116. The first-order chi connectivity index (χ1) is 7.98. The van der Waals surface area contributed by atoms with E-state index in [0.717, 1.165) is 6.29 Å². The van der Waals surface area contributed by atoms with Gasteiger partial charge in [-0.15, -0.1) is 0 Å². The summed E-state index contributed by atoms with van der Waals surface area (Å²) in [5, 5.41) is 0. The zero-order chi connectivity index (χ0) is 12.5. The van der Waals surface area contributed by atoms with Gasteiger partial charge >= 0.3 is 0 Å². The Balaban J connectivity index is 2.26. The molecule has 0 saturated carbocycles. The molecule has 2 nitrogen and oxygen atoms in total. The maximum atomic E-state index is 10.8. The fourth-order valence-corrected chi connectivity index (χ4v) is 2.23. The molecular weight excluding hydrogens is 212 g/mol. The minimum Gasteiger partial charge on any atom is -0.379 e. The molecular formula is C15H20O2. The molecule has 0 atom stereocenters. The highest BCUT2D eigenvalue weighted by Crippen LogP contribution is 2.36. The van der Waals surface area contributed by atoms with Crippen molar-refractivity contribution < 1.29 is 9.53 Å². The molecule has 92 valence electrons. The van der Waals surface area contributed by atoms with Crippen LogP contribution in [0.4, 0.5) is 0 Å². The van der Waals surface area contributed by atoms with E-state index in [1.165, 1.54) is 11.1 Å². The summed E-state index contributed by atoms with van der Waals surface area (Å²) in [7, 11) is 0. The van der Waals surface area contributed by atoms with Crippen molar-refractivity contribution in [3.8, 4) is 0 Å². The van der Waals surface area contributed by atoms with E-state index in [4.69, 9.17) is 4.74 Å². The molecule has 2 heteroatoms. The normalized spacial score (nSPS) is 18.5. The SMILES string of the molecule is CC(C)(C)c1ccc(C2(CC=O)COC2)cc1. The van der Waals surface area contributed by atoms with Gasteiger partial charge in [0.1, 0.15) is 6.29 Å². The van der Waals surface area contributed by atoms with E-state index in [1.54, 1.807) is 0 Å². The molecule has 1 heterocycles. The molecule has 2 rings (SSSR count). The Morgan fingerprint density at radius 1 is 1.24 bits per heavy atom. The summed E-state index contributed by atoms with van der Waals surface area (Å²) < 4.78 is 5.28. The molecule has 1 aromatic carbocycles. The van der Waals surface area contributed by atoms with E-state index in [0.29, 0.717) is 19.6 Å². The van der Waals surface area contributed by atoms with Gasteiger partial charge in [-0.1, -0.05) is 45.0 Å². The predicted molar refractivity (Wildman–Crippen MR) is 68.3 cm³/mol. The molecule has 0 aliphatic carbocycles. The third kappa shape index (κ3) is 2.27. The van der Waals surface area contributed by atoms with E-state index in [9.17, 15) is 4.79 Å².